The van der Waals surface area contributed by atoms with Gasteiger partial charge in [0.25, 0.3) is 0 Å². The molecule has 3 rings (SSSR count). The Balaban J connectivity index is 1.45. The van der Waals surface area contributed by atoms with Crippen molar-refractivity contribution in [3.05, 3.63) is 23.9 Å². The lowest BCUT2D eigenvalue weighted by Crippen LogP contribution is -2.43. The molecule has 0 atom stereocenters. The Labute approximate surface area is 133 Å². The monoisotopic (exact) mass is 299 g/mol. The van der Waals surface area contributed by atoms with Gasteiger partial charge in [-0.1, -0.05) is 19.3 Å². The van der Waals surface area contributed by atoms with Gasteiger partial charge in [0.2, 0.25) is 5.88 Å². The van der Waals surface area contributed by atoms with Crippen LogP contribution in [0, 0.1) is 17.2 Å². The number of nitrogens with zero attached hydrogens (tertiary/aromatic N) is 3. The molecule has 0 spiro atoms. The quantitative estimate of drug-likeness (QED) is 0.855. The Hall–Kier alpha value is -1.60. The maximum Gasteiger partial charge on any atom is 0.231 e. The molecule has 0 unspecified atom stereocenters. The summed E-state index contributed by atoms with van der Waals surface area (Å²) < 4.78 is 5.80. The second kappa shape index (κ2) is 7.60. The Morgan fingerprint density at radius 3 is 2.68 bits per heavy atom. The molecule has 1 aromatic rings. The fraction of sp³-hybridized carbons (Fsp3) is 0.667. The van der Waals surface area contributed by atoms with Crippen molar-refractivity contribution < 1.29 is 4.74 Å². The molecule has 0 radical (unpaired) electrons. The zero-order valence-electron chi connectivity index (χ0n) is 13.2. The lowest BCUT2D eigenvalue weighted by Gasteiger charge is -2.39. The Bertz CT molecular complexity index is 511. The van der Waals surface area contributed by atoms with Gasteiger partial charge in [-0.25, -0.2) is 4.98 Å². The summed E-state index contributed by atoms with van der Waals surface area (Å²) in [6.07, 6.45) is 11.1. The lowest BCUT2D eigenvalue weighted by molar-refractivity contribution is 0.0877. The van der Waals surface area contributed by atoms with E-state index in [2.05, 4.69) is 16.0 Å². The third kappa shape index (κ3) is 3.78. The van der Waals surface area contributed by atoms with Crippen LogP contribution in [0.1, 0.15) is 50.5 Å². The molecule has 22 heavy (non-hydrogen) atoms. The van der Waals surface area contributed by atoms with Crippen LogP contribution in [0.2, 0.25) is 0 Å². The van der Waals surface area contributed by atoms with Gasteiger partial charge in [0.05, 0.1) is 6.61 Å². The van der Waals surface area contributed by atoms with Crippen molar-refractivity contribution in [3.63, 3.8) is 0 Å². The van der Waals surface area contributed by atoms with Crippen LogP contribution in [0.25, 0.3) is 0 Å². The van der Waals surface area contributed by atoms with Crippen molar-refractivity contribution in [2.75, 3.05) is 19.7 Å². The smallest absolute Gasteiger partial charge is 0.231 e. The van der Waals surface area contributed by atoms with Crippen LogP contribution in [-0.4, -0.2) is 35.6 Å². The first-order valence-electron chi connectivity index (χ1n) is 8.59. The van der Waals surface area contributed by atoms with Crippen LogP contribution in [0.15, 0.2) is 18.3 Å². The van der Waals surface area contributed by atoms with E-state index in [0.717, 1.165) is 6.04 Å². The van der Waals surface area contributed by atoms with Crippen molar-refractivity contribution >= 4 is 0 Å². The standard InChI is InChI=1S/C18H25N3O/c19-13-16-5-4-10-20-18(16)22-14-15-8-11-21(12-9-15)17-6-2-1-3-7-17/h4-5,10,15,17H,1-3,6-9,11-12,14H2. The van der Waals surface area contributed by atoms with E-state index in [1.54, 1.807) is 18.3 Å². The molecule has 2 heterocycles. The summed E-state index contributed by atoms with van der Waals surface area (Å²) in [5.74, 6) is 1.08. The van der Waals surface area contributed by atoms with Gasteiger partial charge in [0.1, 0.15) is 11.6 Å². The van der Waals surface area contributed by atoms with Crippen molar-refractivity contribution in [3.8, 4) is 11.9 Å². The number of nitriles is 1. The molecule has 1 aliphatic heterocycles. The number of hydrogen-bond acceptors (Lipinski definition) is 4. The number of aromatic nitrogens is 1. The highest BCUT2D eigenvalue weighted by Crippen LogP contribution is 2.27. The summed E-state index contributed by atoms with van der Waals surface area (Å²) >= 11 is 0. The molecule has 1 saturated heterocycles. The van der Waals surface area contributed by atoms with E-state index >= 15 is 0 Å². The average Bonchev–Trinajstić information content (AvgIpc) is 2.61. The minimum atomic E-state index is 0.486. The van der Waals surface area contributed by atoms with E-state index in [-0.39, 0.29) is 0 Å². The summed E-state index contributed by atoms with van der Waals surface area (Å²) in [7, 11) is 0. The largest absolute Gasteiger partial charge is 0.476 e. The van der Waals surface area contributed by atoms with Crippen LogP contribution >= 0.6 is 0 Å². The summed E-state index contributed by atoms with van der Waals surface area (Å²) in [6, 6.07) is 6.50. The second-order valence-corrected chi connectivity index (χ2v) is 6.55. The van der Waals surface area contributed by atoms with Crippen LogP contribution < -0.4 is 4.74 Å². The third-order valence-corrected chi connectivity index (χ3v) is 5.09. The van der Waals surface area contributed by atoms with Crippen molar-refractivity contribution in [2.24, 2.45) is 5.92 Å². The van der Waals surface area contributed by atoms with E-state index in [1.165, 1.54) is 58.0 Å². The zero-order valence-corrected chi connectivity index (χ0v) is 13.2. The summed E-state index contributed by atoms with van der Waals surface area (Å²) in [4.78, 5) is 6.86. The first-order chi connectivity index (χ1) is 10.9. The van der Waals surface area contributed by atoms with Gasteiger partial charge in [-0.05, 0) is 56.8 Å². The van der Waals surface area contributed by atoms with Gasteiger partial charge < -0.3 is 9.64 Å². The van der Waals surface area contributed by atoms with E-state index < -0.39 is 0 Å². The molecule has 1 saturated carbocycles. The summed E-state index contributed by atoms with van der Waals surface area (Å²) in [5.41, 5.74) is 0.530. The molecule has 0 N–H and O–H groups in total. The number of piperidine rings is 1. The zero-order chi connectivity index (χ0) is 15.2. The number of hydrogen-bond donors (Lipinski definition) is 0. The molecule has 4 heteroatoms. The predicted octanol–water partition coefficient (Wildman–Crippen LogP) is 3.38. The average molecular weight is 299 g/mol. The molecular weight excluding hydrogens is 274 g/mol. The number of likely N-dealkylation sites (tertiary alicyclic amines) is 1. The van der Waals surface area contributed by atoms with Crippen LogP contribution in [-0.2, 0) is 0 Å². The molecule has 1 aromatic heterocycles. The van der Waals surface area contributed by atoms with Gasteiger partial charge in [-0.15, -0.1) is 0 Å². The minimum absolute atomic E-state index is 0.486. The van der Waals surface area contributed by atoms with Crippen LogP contribution in [0.3, 0.4) is 0 Å². The number of pyridine rings is 1. The first-order valence-corrected chi connectivity index (χ1v) is 8.59. The van der Waals surface area contributed by atoms with E-state index in [4.69, 9.17) is 10.00 Å². The van der Waals surface area contributed by atoms with Crippen molar-refractivity contribution in [1.82, 2.24) is 9.88 Å². The molecular formula is C18H25N3O. The summed E-state index contributed by atoms with van der Waals surface area (Å²) in [5, 5.41) is 9.06. The van der Waals surface area contributed by atoms with E-state index in [9.17, 15) is 0 Å². The van der Waals surface area contributed by atoms with E-state index in [0.29, 0.717) is 24.0 Å². The third-order valence-electron chi connectivity index (χ3n) is 5.09. The predicted molar refractivity (Wildman–Crippen MR) is 85.6 cm³/mol. The van der Waals surface area contributed by atoms with Gasteiger partial charge in [0, 0.05) is 12.2 Å². The highest BCUT2D eigenvalue weighted by atomic mass is 16.5. The van der Waals surface area contributed by atoms with Crippen LogP contribution in [0.5, 0.6) is 5.88 Å². The molecule has 2 aliphatic rings. The fourth-order valence-corrected chi connectivity index (χ4v) is 3.72. The maximum atomic E-state index is 9.06. The van der Waals surface area contributed by atoms with E-state index in [1.807, 2.05) is 0 Å². The molecule has 118 valence electrons. The topological polar surface area (TPSA) is 49.1 Å². The maximum absolute atomic E-state index is 9.06. The Kier molecular flexibility index (Phi) is 5.29. The fourth-order valence-electron chi connectivity index (χ4n) is 3.72. The highest BCUT2D eigenvalue weighted by Gasteiger charge is 2.26. The van der Waals surface area contributed by atoms with Crippen molar-refractivity contribution in [1.29, 1.82) is 5.26 Å². The molecule has 1 aliphatic carbocycles. The minimum Gasteiger partial charge on any atom is -0.476 e. The van der Waals surface area contributed by atoms with Gasteiger partial charge >= 0.3 is 0 Å². The molecule has 0 amide bonds. The second-order valence-electron chi connectivity index (χ2n) is 6.55. The summed E-state index contributed by atoms with van der Waals surface area (Å²) in [6.45, 7) is 3.09. The highest BCUT2D eigenvalue weighted by molar-refractivity contribution is 5.36. The first kappa shape index (κ1) is 15.3. The Morgan fingerprint density at radius 1 is 1.18 bits per heavy atom. The molecule has 4 nitrogen and oxygen atoms in total. The lowest BCUT2D eigenvalue weighted by atomic mass is 9.90. The molecule has 0 aromatic carbocycles. The molecule has 2 fully saturated rings. The number of rotatable bonds is 4. The Morgan fingerprint density at radius 2 is 1.95 bits per heavy atom. The van der Waals surface area contributed by atoms with Gasteiger partial charge in [0.15, 0.2) is 0 Å². The SMILES string of the molecule is N#Cc1cccnc1OCC1CCN(C2CCCCC2)CC1. The number of ether oxygens (including phenoxy) is 1. The van der Waals surface area contributed by atoms with Crippen molar-refractivity contribution in [2.45, 2.75) is 51.0 Å². The van der Waals surface area contributed by atoms with Gasteiger partial charge in [-0.3, -0.25) is 0 Å². The normalized spacial score (nSPS) is 21.4. The molecule has 0 bridgehead atoms. The van der Waals surface area contributed by atoms with Crippen LogP contribution in [0.4, 0.5) is 0 Å². The van der Waals surface area contributed by atoms with Gasteiger partial charge in [-0.2, -0.15) is 5.26 Å².